The van der Waals surface area contributed by atoms with Crippen molar-refractivity contribution in [3.05, 3.63) is 60.7 Å². The number of rotatable bonds is 3. The van der Waals surface area contributed by atoms with Gasteiger partial charge in [0, 0.05) is 34.2 Å². The largest absolute Gasteiger partial charge is 0.508 e. The molecule has 0 unspecified atom stereocenters. The fourth-order valence-corrected chi connectivity index (χ4v) is 3.03. The quantitative estimate of drug-likeness (QED) is 0.491. The van der Waals surface area contributed by atoms with Gasteiger partial charge >= 0.3 is 0 Å². The minimum absolute atomic E-state index is 0.0253. The standard InChI is InChI=1S/C21H16O5/c1-25-15-6-2-12(3-7-15)21-20(16-8-4-13(22)10-18(16)24)17-9-5-14(23)11-19(17)26-21/h2-11,22-24H,1H3. The summed E-state index contributed by atoms with van der Waals surface area (Å²) >= 11 is 0. The lowest BCUT2D eigenvalue weighted by Gasteiger charge is -2.07. The molecule has 0 saturated carbocycles. The number of phenols is 3. The summed E-state index contributed by atoms with van der Waals surface area (Å²) in [5.41, 5.74) is 2.50. The van der Waals surface area contributed by atoms with Crippen molar-refractivity contribution >= 4 is 11.0 Å². The van der Waals surface area contributed by atoms with Gasteiger partial charge < -0.3 is 24.5 Å². The Hall–Kier alpha value is -3.60. The molecule has 4 rings (SSSR count). The lowest BCUT2D eigenvalue weighted by atomic mass is 9.97. The van der Waals surface area contributed by atoms with Crippen LogP contribution in [0.2, 0.25) is 0 Å². The molecule has 0 saturated heterocycles. The molecule has 1 aromatic heterocycles. The SMILES string of the molecule is COc1ccc(-c2oc3cc(O)ccc3c2-c2ccc(O)cc2O)cc1. The van der Waals surface area contributed by atoms with Crippen molar-refractivity contribution < 1.29 is 24.5 Å². The van der Waals surface area contributed by atoms with Gasteiger partial charge in [0.05, 0.1) is 7.11 Å². The fourth-order valence-electron chi connectivity index (χ4n) is 3.03. The summed E-state index contributed by atoms with van der Waals surface area (Å²) in [6.45, 7) is 0. The number of methoxy groups -OCH3 is 1. The van der Waals surface area contributed by atoms with Gasteiger partial charge in [-0.15, -0.1) is 0 Å². The van der Waals surface area contributed by atoms with Gasteiger partial charge in [0.15, 0.2) is 0 Å². The molecule has 0 bridgehead atoms. The van der Waals surface area contributed by atoms with E-state index in [1.54, 1.807) is 25.3 Å². The summed E-state index contributed by atoms with van der Waals surface area (Å²) in [5, 5.41) is 30.5. The number of benzene rings is 3. The third-order valence-corrected chi connectivity index (χ3v) is 4.28. The number of phenolic OH excluding ortho intramolecular Hbond substituents is 3. The van der Waals surface area contributed by atoms with Crippen LogP contribution in [0.15, 0.2) is 65.1 Å². The van der Waals surface area contributed by atoms with E-state index in [9.17, 15) is 15.3 Å². The third-order valence-electron chi connectivity index (χ3n) is 4.28. The topological polar surface area (TPSA) is 83.1 Å². The first-order valence-electron chi connectivity index (χ1n) is 7.99. The first-order valence-corrected chi connectivity index (χ1v) is 7.99. The Morgan fingerprint density at radius 3 is 2.19 bits per heavy atom. The van der Waals surface area contributed by atoms with Crippen molar-refractivity contribution in [3.63, 3.8) is 0 Å². The first-order chi connectivity index (χ1) is 12.6. The summed E-state index contributed by atoms with van der Waals surface area (Å²) in [6, 6.07) is 16.6. The zero-order valence-corrected chi connectivity index (χ0v) is 13.9. The van der Waals surface area contributed by atoms with Crippen LogP contribution in [0, 0.1) is 0 Å². The second kappa shape index (κ2) is 6.04. The average molecular weight is 348 g/mol. The van der Waals surface area contributed by atoms with E-state index in [0.717, 1.165) is 16.7 Å². The van der Waals surface area contributed by atoms with Gasteiger partial charge in [-0.05, 0) is 48.5 Å². The van der Waals surface area contributed by atoms with Gasteiger partial charge in [-0.25, -0.2) is 0 Å². The van der Waals surface area contributed by atoms with Gasteiger partial charge in [-0.3, -0.25) is 0 Å². The van der Waals surface area contributed by atoms with Crippen molar-refractivity contribution in [3.8, 4) is 45.4 Å². The monoisotopic (exact) mass is 348 g/mol. The van der Waals surface area contributed by atoms with E-state index in [2.05, 4.69) is 0 Å². The van der Waals surface area contributed by atoms with E-state index in [-0.39, 0.29) is 17.2 Å². The van der Waals surface area contributed by atoms with Crippen LogP contribution in [0.1, 0.15) is 0 Å². The molecular formula is C21H16O5. The molecule has 26 heavy (non-hydrogen) atoms. The van der Waals surface area contributed by atoms with E-state index in [0.29, 0.717) is 22.5 Å². The van der Waals surface area contributed by atoms with Crippen LogP contribution < -0.4 is 4.74 Å². The summed E-state index contributed by atoms with van der Waals surface area (Å²) in [5.74, 6) is 1.28. The van der Waals surface area contributed by atoms with Crippen LogP contribution in [0.5, 0.6) is 23.0 Å². The molecule has 0 fully saturated rings. The highest BCUT2D eigenvalue weighted by atomic mass is 16.5. The van der Waals surface area contributed by atoms with Crippen molar-refractivity contribution in [2.75, 3.05) is 7.11 Å². The second-order valence-corrected chi connectivity index (χ2v) is 5.92. The number of hydrogen-bond acceptors (Lipinski definition) is 5. The normalized spacial score (nSPS) is 11.0. The highest BCUT2D eigenvalue weighted by Gasteiger charge is 2.20. The molecule has 5 nitrogen and oxygen atoms in total. The molecule has 0 aliphatic rings. The van der Waals surface area contributed by atoms with Gasteiger partial charge in [0.25, 0.3) is 0 Å². The maximum atomic E-state index is 10.4. The highest BCUT2D eigenvalue weighted by Crippen LogP contribution is 2.45. The predicted molar refractivity (Wildman–Crippen MR) is 98.6 cm³/mol. The minimum atomic E-state index is -0.0597. The van der Waals surface area contributed by atoms with Crippen molar-refractivity contribution in [1.29, 1.82) is 0 Å². The van der Waals surface area contributed by atoms with E-state index in [1.165, 1.54) is 18.2 Å². The number of ether oxygens (including phenoxy) is 1. The summed E-state index contributed by atoms with van der Waals surface area (Å²) in [7, 11) is 1.60. The molecule has 3 N–H and O–H groups in total. The Morgan fingerprint density at radius 2 is 1.50 bits per heavy atom. The molecular weight excluding hydrogens is 332 g/mol. The van der Waals surface area contributed by atoms with Crippen LogP contribution in [-0.2, 0) is 0 Å². The van der Waals surface area contributed by atoms with Crippen LogP contribution in [0.4, 0.5) is 0 Å². The molecule has 0 aliphatic carbocycles. The number of aromatic hydroxyl groups is 3. The number of fused-ring (bicyclic) bond motifs is 1. The van der Waals surface area contributed by atoms with Crippen molar-refractivity contribution in [1.82, 2.24) is 0 Å². The van der Waals surface area contributed by atoms with E-state index in [4.69, 9.17) is 9.15 Å². The molecule has 3 aromatic carbocycles. The minimum Gasteiger partial charge on any atom is -0.508 e. The average Bonchev–Trinajstić information content (AvgIpc) is 3.00. The molecule has 0 spiro atoms. The zero-order valence-electron chi connectivity index (χ0n) is 13.9. The lowest BCUT2D eigenvalue weighted by Crippen LogP contribution is -1.84. The van der Waals surface area contributed by atoms with Gasteiger partial charge in [-0.2, -0.15) is 0 Å². The second-order valence-electron chi connectivity index (χ2n) is 5.92. The molecule has 5 heteroatoms. The summed E-state index contributed by atoms with van der Waals surface area (Å²) < 4.78 is 11.2. The molecule has 0 radical (unpaired) electrons. The predicted octanol–water partition coefficient (Wildman–Crippen LogP) is 4.89. The smallest absolute Gasteiger partial charge is 0.143 e. The first kappa shape index (κ1) is 15.9. The van der Waals surface area contributed by atoms with Crippen molar-refractivity contribution in [2.24, 2.45) is 0 Å². The summed E-state index contributed by atoms with van der Waals surface area (Å²) in [6.07, 6.45) is 0. The van der Waals surface area contributed by atoms with Crippen LogP contribution in [0.3, 0.4) is 0 Å². The van der Waals surface area contributed by atoms with E-state index in [1.807, 2.05) is 24.3 Å². The molecule has 0 atom stereocenters. The Labute approximate surface area is 149 Å². The maximum absolute atomic E-state index is 10.4. The maximum Gasteiger partial charge on any atom is 0.143 e. The van der Waals surface area contributed by atoms with Crippen LogP contribution in [0.25, 0.3) is 33.4 Å². The van der Waals surface area contributed by atoms with Crippen LogP contribution in [-0.4, -0.2) is 22.4 Å². The third kappa shape index (κ3) is 2.59. The fraction of sp³-hybridized carbons (Fsp3) is 0.0476. The Kier molecular flexibility index (Phi) is 3.69. The Morgan fingerprint density at radius 1 is 0.808 bits per heavy atom. The van der Waals surface area contributed by atoms with E-state index < -0.39 is 0 Å². The highest BCUT2D eigenvalue weighted by molar-refractivity contribution is 6.03. The lowest BCUT2D eigenvalue weighted by molar-refractivity contribution is 0.415. The molecule has 0 amide bonds. The molecule has 4 aromatic rings. The number of furan rings is 1. The molecule has 130 valence electrons. The van der Waals surface area contributed by atoms with E-state index >= 15 is 0 Å². The molecule has 0 aliphatic heterocycles. The van der Waals surface area contributed by atoms with Crippen molar-refractivity contribution in [2.45, 2.75) is 0 Å². The summed E-state index contributed by atoms with van der Waals surface area (Å²) in [4.78, 5) is 0. The Balaban J connectivity index is 2.02. The Bertz CT molecular complexity index is 1090. The van der Waals surface area contributed by atoms with Gasteiger partial charge in [0.2, 0.25) is 0 Å². The van der Waals surface area contributed by atoms with Gasteiger partial charge in [-0.1, -0.05) is 0 Å². The number of hydrogen-bond donors (Lipinski definition) is 3. The molecule has 1 heterocycles. The zero-order chi connectivity index (χ0) is 18.3. The van der Waals surface area contributed by atoms with Crippen LogP contribution >= 0.6 is 0 Å². The van der Waals surface area contributed by atoms with Gasteiger partial charge in [0.1, 0.15) is 34.3 Å².